The summed E-state index contributed by atoms with van der Waals surface area (Å²) in [6.45, 7) is 6.83. The van der Waals surface area contributed by atoms with Crippen molar-refractivity contribution in [2.75, 3.05) is 50.7 Å². The van der Waals surface area contributed by atoms with Crippen LogP contribution in [0.25, 0.3) is 37.9 Å². The van der Waals surface area contributed by atoms with Crippen molar-refractivity contribution >= 4 is 84.1 Å². The van der Waals surface area contributed by atoms with Gasteiger partial charge in [0.25, 0.3) is 11.8 Å². The van der Waals surface area contributed by atoms with E-state index in [2.05, 4.69) is 63.3 Å². The maximum Gasteiger partial charge on any atom is 0.301 e. The number of anilines is 2. The molecule has 400 valence electrons. The van der Waals surface area contributed by atoms with E-state index in [0.717, 1.165) is 45.2 Å². The number of carbonyl (C=O) groups excluding carboxylic acids is 3. The molecule has 1 atom stereocenters. The molecular weight excluding hydrogens is 1030 g/mol. The van der Waals surface area contributed by atoms with Gasteiger partial charge < -0.3 is 38.1 Å². The molecule has 0 radical (unpaired) electrons. The maximum atomic E-state index is 13.7. The number of aromatic amines is 1. The number of pyridine rings is 1. The number of rotatable bonds is 13. The second kappa shape index (κ2) is 26.1. The highest BCUT2D eigenvalue weighted by Crippen LogP contribution is 2.34. The number of aryl methyl sites for hydroxylation is 2. The average Bonchev–Trinajstić information content (AvgIpc) is 4.26. The molecular formula is C56H64N14O4S3. The van der Waals surface area contributed by atoms with Gasteiger partial charge in [-0.1, -0.05) is 90.9 Å². The van der Waals surface area contributed by atoms with Crippen molar-refractivity contribution < 1.29 is 14.4 Å². The van der Waals surface area contributed by atoms with Crippen molar-refractivity contribution in [1.29, 1.82) is 0 Å². The number of hydrogen-bond donors (Lipinski definition) is 7. The number of azo groups is 1. The molecule has 3 amide bonds. The SMILES string of the molecule is C1CCCNCC1.CC(NC(=O)C1CCN(CCNC(=O)c2cnc(N=Nc3c(-c4ccccc4)[nH]n(-c4nc(-c5ccccc5)cs4)c3=O)s2)CC1)c1ccc2c(N)c(C(N)=O)sc2n1.Nc1ccc2c(c1)CCCC2. The number of H-pyrrole nitrogens is 1. The standard InChI is InChI=1S/C40H38N12O4S3.C10H13N.C6H13N/c1-22(27-13-12-26-30(41)33(34(42)53)59-37(26)46-27)45-35(54)25-14-17-51(18-15-25)19-16-43-36(55)29-20-44-39(58-29)49-48-32-31(24-10-6-3-7-11-24)50-52(38(32)56)40-47-28(21-57-40)23-8-4-2-5-9-23;11-10-6-5-8-3-1-2-4-9(8)7-10;1-2-4-6-7-5-3-1/h2-13,20-22,25,50H,14-19,41H2,1H3,(H2,42,53)(H,43,55)(H,45,54);5-7H,1-4,11H2;7H,1-6H2. The molecule has 3 aromatic carbocycles. The number of benzene rings is 3. The van der Waals surface area contributed by atoms with Gasteiger partial charge in [-0.15, -0.1) is 32.9 Å². The van der Waals surface area contributed by atoms with Gasteiger partial charge in [-0.05, 0) is 120 Å². The first-order chi connectivity index (χ1) is 37.5. The van der Waals surface area contributed by atoms with Crippen LogP contribution in [-0.2, 0) is 17.6 Å². The molecule has 2 fully saturated rings. The number of fused-ring (bicyclic) bond motifs is 2. The number of aromatic nitrogens is 5. The molecule has 3 aliphatic rings. The predicted octanol–water partition coefficient (Wildman–Crippen LogP) is 9.74. The third-order valence-corrected chi connectivity index (χ3v) is 16.6. The highest BCUT2D eigenvalue weighted by Gasteiger charge is 2.27. The lowest BCUT2D eigenvalue weighted by Gasteiger charge is -2.31. The van der Waals surface area contributed by atoms with Crippen LogP contribution in [0.2, 0.25) is 0 Å². The van der Waals surface area contributed by atoms with Crippen molar-refractivity contribution in [1.82, 2.24) is 45.6 Å². The summed E-state index contributed by atoms with van der Waals surface area (Å²) < 4.78 is 1.36. The summed E-state index contributed by atoms with van der Waals surface area (Å²) in [5.74, 6) is -1.07. The Balaban J connectivity index is 0.000000336. The minimum Gasteiger partial charge on any atom is -0.399 e. The minimum atomic E-state index is -0.594. The van der Waals surface area contributed by atoms with Crippen molar-refractivity contribution in [3.05, 3.63) is 140 Å². The molecule has 0 bridgehead atoms. The lowest BCUT2D eigenvalue weighted by Crippen LogP contribution is -2.43. The first kappa shape index (κ1) is 54.4. The summed E-state index contributed by atoms with van der Waals surface area (Å²) in [5, 5.41) is 24.4. The molecule has 1 aliphatic carbocycles. The molecule has 2 aliphatic heterocycles. The van der Waals surface area contributed by atoms with Gasteiger partial charge in [0.15, 0.2) is 5.69 Å². The first-order valence-electron chi connectivity index (χ1n) is 26.2. The number of amides is 3. The van der Waals surface area contributed by atoms with Crippen LogP contribution in [0.1, 0.15) is 100 Å². The van der Waals surface area contributed by atoms with E-state index in [9.17, 15) is 19.2 Å². The van der Waals surface area contributed by atoms with E-state index in [1.54, 1.807) is 12.1 Å². The van der Waals surface area contributed by atoms with Gasteiger partial charge in [0, 0.05) is 46.6 Å². The summed E-state index contributed by atoms with van der Waals surface area (Å²) in [6.07, 6.45) is 13.6. The molecule has 21 heteroatoms. The molecule has 0 saturated carbocycles. The Bertz CT molecular complexity index is 3360. The van der Waals surface area contributed by atoms with Crippen molar-refractivity contribution in [2.24, 2.45) is 21.9 Å². The fourth-order valence-electron chi connectivity index (χ4n) is 9.49. The lowest BCUT2D eigenvalue weighted by molar-refractivity contribution is -0.127. The molecule has 2 saturated heterocycles. The number of carbonyl (C=O) groups is 3. The van der Waals surface area contributed by atoms with Crippen LogP contribution < -0.4 is 38.7 Å². The third-order valence-electron chi connectivity index (χ3n) is 13.8. The largest absolute Gasteiger partial charge is 0.399 e. The summed E-state index contributed by atoms with van der Waals surface area (Å²) in [6, 6.07) is 28.6. The number of nitrogens with two attached hydrogens (primary N) is 3. The first-order valence-corrected chi connectivity index (χ1v) is 28.7. The predicted molar refractivity (Wildman–Crippen MR) is 309 cm³/mol. The van der Waals surface area contributed by atoms with Crippen LogP contribution >= 0.6 is 34.0 Å². The van der Waals surface area contributed by atoms with Gasteiger partial charge in [0.2, 0.25) is 16.2 Å². The molecule has 10 N–H and O–H groups in total. The molecule has 77 heavy (non-hydrogen) atoms. The van der Waals surface area contributed by atoms with E-state index in [-0.39, 0.29) is 39.5 Å². The number of likely N-dealkylation sites (tertiary alicyclic amines) is 1. The molecule has 18 nitrogen and oxygen atoms in total. The number of thiophene rings is 1. The number of piperidine rings is 1. The van der Waals surface area contributed by atoms with E-state index in [1.807, 2.05) is 79.0 Å². The molecule has 1 unspecified atom stereocenters. The van der Waals surface area contributed by atoms with E-state index in [0.29, 0.717) is 76.3 Å². The Morgan fingerprint density at radius 1 is 0.831 bits per heavy atom. The van der Waals surface area contributed by atoms with E-state index in [4.69, 9.17) is 17.2 Å². The smallest absolute Gasteiger partial charge is 0.301 e. The number of primary amides is 1. The fourth-order valence-corrected chi connectivity index (χ4v) is 11.9. The highest BCUT2D eigenvalue weighted by molar-refractivity contribution is 7.21. The number of nitrogens with zero attached hydrogens (tertiary/aromatic N) is 7. The Morgan fingerprint density at radius 3 is 2.27 bits per heavy atom. The zero-order valence-corrected chi connectivity index (χ0v) is 45.5. The highest BCUT2D eigenvalue weighted by atomic mass is 32.1. The number of nitrogens with one attached hydrogen (secondary N) is 4. The Morgan fingerprint density at radius 2 is 1.55 bits per heavy atom. The minimum absolute atomic E-state index is 0.0376. The van der Waals surface area contributed by atoms with E-state index < -0.39 is 11.5 Å². The molecule has 5 aromatic heterocycles. The van der Waals surface area contributed by atoms with Gasteiger partial charge in [0.1, 0.15) is 14.6 Å². The van der Waals surface area contributed by atoms with Crippen LogP contribution in [0.4, 0.5) is 22.2 Å². The molecule has 0 spiro atoms. The molecule has 8 aromatic rings. The van der Waals surface area contributed by atoms with Crippen LogP contribution in [0.3, 0.4) is 0 Å². The van der Waals surface area contributed by atoms with Crippen LogP contribution in [-0.4, -0.2) is 86.6 Å². The zero-order chi connectivity index (χ0) is 53.7. The van der Waals surface area contributed by atoms with Gasteiger partial charge >= 0.3 is 5.56 Å². The number of thiazole rings is 2. The Kier molecular flexibility index (Phi) is 18.4. The summed E-state index contributed by atoms with van der Waals surface area (Å²) in [4.78, 5) is 68.6. The van der Waals surface area contributed by atoms with E-state index >= 15 is 0 Å². The van der Waals surface area contributed by atoms with Crippen LogP contribution in [0.15, 0.2) is 118 Å². The van der Waals surface area contributed by atoms with Gasteiger partial charge in [0.05, 0.1) is 35.0 Å². The van der Waals surface area contributed by atoms with E-state index in [1.165, 1.54) is 97.8 Å². The summed E-state index contributed by atoms with van der Waals surface area (Å²) >= 11 is 3.54. The average molecular weight is 1090 g/mol. The van der Waals surface area contributed by atoms with Crippen molar-refractivity contribution in [2.45, 2.75) is 77.2 Å². The normalized spacial score (nSPS) is 15.3. The van der Waals surface area contributed by atoms with Crippen molar-refractivity contribution in [3.63, 3.8) is 0 Å². The second-order valence-electron chi connectivity index (χ2n) is 19.2. The number of hydrogen-bond acceptors (Lipinski definition) is 16. The summed E-state index contributed by atoms with van der Waals surface area (Å²) in [5.41, 5.74) is 24.6. The van der Waals surface area contributed by atoms with Gasteiger partial charge in [-0.3, -0.25) is 24.3 Å². The van der Waals surface area contributed by atoms with Gasteiger partial charge in [-0.2, -0.15) is 4.68 Å². The number of nitrogen functional groups attached to an aromatic ring is 2. The summed E-state index contributed by atoms with van der Waals surface area (Å²) in [7, 11) is 0. The van der Waals surface area contributed by atoms with Crippen LogP contribution in [0.5, 0.6) is 0 Å². The topological polar surface area (TPSA) is 270 Å². The fraction of sp³-hybridized carbons (Fsp3) is 0.339. The maximum absolute atomic E-state index is 13.7. The Labute approximate surface area is 458 Å². The molecule has 11 rings (SSSR count). The quantitative estimate of drug-likeness (QED) is 0.0422. The lowest BCUT2D eigenvalue weighted by atomic mass is 9.91. The third kappa shape index (κ3) is 14.0. The van der Waals surface area contributed by atoms with Crippen LogP contribution in [0, 0.1) is 5.92 Å². The Hall–Kier alpha value is -7.43. The zero-order valence-electron chi connectivity index (χ0n) is 43.0. The second-order valence-corrected chi connectivity index (χ2v) is 22.1. The molecule has 7 heterocycles. The van der Waals surface area contributed by atoms with Crippen molar-refractivity contribution in [3.8, 4) is 27.6 Å². The monoisotopic (exact) mass is 1090 g/mol. The van der Waals surface area contributed by atoms with Gasteiger partial charge in [-0.25, -0.2) is 15.0 Å².